The van der Waals surface area contributed by atoms with E-state index in [1.807, 2.05) is 17.7 Å². The van der Waals surface area contributed by atoms with E-state index in [9.17, 15) is 9.90 Å². The Bertz CT molecular complexity index is 548. The number of fused-ring (bicyclic) bond motifs is 1. The van der Waals surface area contributed by atoms with E-state index in [-0.39, 0.29) is 6.42 Å². The van der Waals surface area contributed by atoms with E-state index >= 15 is 0 Å². The SMILES string of the molecule is COC(=O)C[C@@H](O)c1ccc2c(c1)ncn2C. The number of aliphatic hydroxyl groups is 1. The number of carbonyl (C=O) groups is 1. The van der Waals surface area contributed by atoms with Crippen LogP contribution in [0.5, 0.6) is 0 Å². The van der Waals surface area contributed by atoms with Gasteiger partial charge in [0.05, 0.1) is 37.0 Å². The minimum atomic E-state index is -0.853. The number of rotatable bonds is 3. The van der Waals surface area contributed by atoms with Crippen molar-refractivity contribution in [1.82, 2.24) is 9.55 Å². The number of aromatic nitrogens is 2. The van der Waals surface area contributed by atoms with E-state index < -0.39 is 12.1 Å². The number of methoxy groups -OCH3 is 1. The third-order valence-electron chi connectivity index (χ3n) is 2.72. The lowest BCUT2D eigenvalue weighted by Crippen LogP contribution is -2.08. The van der Waals surface area contributed by atoms with Crippen LogP contribution >= 0.6 is 0 Å². The van der Waals surface area contributed by atoms with Gasteiger partial charge in [-0.1, -0.05) is 6.07 Å². The first-order valence-electron chi connectivity index (χ1n) is 5.27. The average Bonchev–Trinajstić information content (AvgIpc) is 2.70. The number of hydrogen-bond acceptors (Lipinski definition) is 4. The minimum absolute atomic E-state index is 0.0468. The molecule has 2 aromatic rings. The van der Waals surface area contributed by atoms with Crippen LogP contribution in [0.4, 0.5) is 0 Å². The van der Waals surface area contributed by atoms with Crippen molar-refractivity contribution < 1.29 is 14.6 Å². The summed E-state index contributed by atoms with van der Waals surface area (Å²) in [6, 6.07) is 5.44. The van der Waals surface area contributed by atoms with Crippen LogP contribution in [0.2, 0.25) is 0 Å². The highest BCUT2D eigenvalue weighted by molar-refractivity contribution is 5.76. The summed E-state index contributed by atoms with van der Waals surface area (Å²) in [4.78, 5) is 15.3. The molecule has 1 N–H and O–H groups in total. The molecule has 0 amide bonds. The Labute approximate surface area is 98.6 Å². The summed E-state index contributed by atoms with van der Waals surface area (Å²) in [7, 11) is 3.21. The van der Waals surface area contributed by atoms with Crippen LogP contribution in [0.1, 0.15) is 18.1 Å². The van der Waals surface area contributed by atoms with Crippen molar-refractivity contribution in [1.29, 1.82) is 0 Å². The van der Waals surface area contributed by atoms with Crippen LogP contribution in [0, 0.1) is 0 Å². The number of aryl methyl sites for hydroxylation is 1. The second-order valence-corrected chi connectivity index (χ2v) is 3.90. The third kappa shape index (κ3) is 2.29. The van der Waals surface area contributed by atoms with Crippen LogP contribution in [-0.4, -0.2) is 27.7 Å². The molecule has 2 rings (SSSR count). The van der Waals surface area contributed by atoms with Gasteiger partial charge in [-0.3, -0.25) is 4.79 Å². The lowest BCUT2D eigenvalue weighted by Gasteiger charge is -2.09. The minimum Gasteiger partial charge on any atom is -0.469 e. The number of benzene rings is 1. The van der Waals surface area contributed by atoms with E-state index in [1.54, 1.807) is 18.5 Å². The summed E-state index contributed by atoms with van der Waals surface area (Å²) in [5, 5.41) is 9.85. The summed E-state index contributed by atoms with van der Waals surface area (Å²) in [5.74, 6) is -0.432. The van der Waals surface area contributed by atoms with E-state index in [1.165, 1.54) is 7.11 Å². The molecule has 0 fully saturated rings. The Kier molecular flexibility index (Phi) is 3.10. The molecule has 17 heavy (non-hydrogen) atoms. The number of hydrogen-bond donors (Lipinski definition) is 1. The Morgan fingerprint density at radius 3 is 3.06 bits per heavy atom. The molecule has 1 aromatic heterocycles. The first-order valence-corrected chi connectivity index (χ1v) is 5.27. The fourth-order valence-electron chi connectivity index (χ4n) is 1.72. The Morgan fingerprint density at radius 2 is 2.35 bits per heavy atom. The van der Waals surface area contributed by atoms with Gasteiger partial charge in [-0.2, -0.15) is 0 Å². The zero-order valence-corrected chi connectivity index (χ0v) is 9.75. The Hall–Kier alpha value is -1.88. The molecule has 0 aliphatic rings. The van der Waals surface area contributed by atoms with Crippen LogP contribution in [0.3, 0.4) is 0 Å². The fraction of sp³-hybridized carbons (Fsp3) is 0.333. The third-order valence-corrected chi connectivity index (χ3v) is 2.72. The van der Waals surface area contributed by atoms with Gasteiger partial charge in [-0.25, -0.2) is 4.98 Å². The smallest absolute Gasteiger partial charge is 0.308 e. The highest BCUT2D eigenvalue weighted by Gasteiger charge is 2.14. The number of esters is 1. The van der Waals surface area contributed by atoms with Gasteiger partial charge < -0.3 is 14.4 Å². The molecular formula is C12H14N2O3. The Balaban J connectivity index is 2.26. The number of nitrogens with zero attached hydrogens (tertiary/aromatic N) is 2. The average molecular weight is 234 g/mol. The largest absolute Gasteiger partial charge is 0.469 e. The molecule has 90 valence electrons. The molecular weight excluding hydrogens is 220 g/mol. The molecule has 0 bridgehead atoms. The van der Waals surface area contributed by atoms with Crippen LogP contribution in [0.25, 0.3) is 11.0 Å². The molecule has 1 aromatic carbocycles. The van der Waals surface area contributed by atoms with Gasteiger partial charge in [-0.05, 0) is 17.7 Å². The van der Waals surface area contributed by atoms with Crippen molar-refractivity contribution in [3.63, 3.8) is 0 Å². The summed E-state index contributed by atoms with van der Waals surface area (Å²) in [6.07, 6.45) is 0.810. The summed E-state index contributed by atoms with van der Waals surface area (Å²) < 4.78 is 6.41. The molecule has 0 aliphatic heterocycles. The topological polar surface area (TPSA) is 64.3 Å². The predicted molar refractivity (Wildman–Crippen MR) is 62.3 cm³/mol. The summed E-state index contributed by atoms with van der Waals surface area (Å²) in [5.41, 5.74) is 2.45. The molecule has 0 unspecified atom stereocenters. The predicted octanol–water partition coefficient (Wildman–Crippen LogP) is 1.17. The van der Waals surface area contributed by atoms with Gasteiger partial charge in [0.1, 0.15) is 0 Å². The molecule has 1 atom stereocenters. The normalized spacial score (nSPS) is 12.6. The van der Waals surface area contributed by atoms with Crippen molar-refractivity contribution in [2.45, 2.75) is 12.5 Å². The first kappa shape index (κ1) is 11.6. The molecule has 1 heterocycles. The second kappa shape index (κ2) is 4.55. The molecule has 5 nitrogen and oxygen atoms in total. The molecule has 5 heteroatoms. The molecule has 0 saturated carbocycles. The maximum absolute atomic E-state index is 11.1. The van der Waals surface area contributed by atoms with E-state index in [0.717, 1.165) is 11.0 Å². The first-order chi connectivity index (χ1) is 8.11. The molecule has 0 spiro atoms. The van der Waals surface area contributed by atoms with Crippen molar-refractivity contribution >= 4 is 17.0 Å². The van der Waals surface area contributed by atoms with Crippen LogP contribution < -0.4 is 0 Å². The molecule has 0 aliphatic carbocycles. The highest BCUT2D eigenvalue weighted by Crippen LogP contribution is 2.21. The lowest BCUT2D eigenvalue weighted by molar-refractivity contribution is -0.142. The van der Waals surface area contributed by atoms with Gasteiger partial charge in [-0.15, -0.1) is 0 Å². The molecule has 0 saturated heterocycles. The molecule has 0 radical (unpaired) electrons. The number of aliphatic hydroxyl groups excluding tert-OH is 1. The van der Waals surface area contributed by atoms with E-state index in [2.05, 4.69) is 9.72 Å². The van der Waals surface area contributed by atoms with Gasteiger partial charge in [0, 0.05) is 7.05 Å². The Morgan fingerprint density at radius 1 is 1.59 bits per heavy atom. The zero-order chi connectivity index (χ0) is 12.4. The number of ether oxygens (including phenoxy) is 1. The van der Waals surface area contributed by atoms with Crippen LogP contribution in [-0.2, 0) is 16.6 Å². The van der Waals surface area contributed by atoms with Crippen molar-refractivity contribution in [2.75, 3.05) is 7.11 Å². The van der Waals surface area contributed by atoms with Gasteiger partial charge in [0.15, 0.2) is 0 Å². The van der Waals surface area contributed by atoms with E-state index in [4.69, 9.17) is 0 Å². The number of imidazole rings is 1. The van der Waals surface area contributed by atoms with Crippen LogP contribution in [0.15, 0.2) is 24.5 Å². The van der Waals surface area contributed by atoms with Crippen molar-refractivity contribution in [3.05, 3.63) is 30.1 Å². The zero-order valence-electron chi connectivity index (χ0n) is 9.75. The summed E-state index contributed by atoms with van der Waals surface area (Å²) >= 11 is 0. The summed E-state index contributed by atoms with van der Waals surface area (Å²) in [6.45, 7) is 0. The maximum Gasteiger partial charge on any atom is 0.308 e. The second-order valence-electron chi connectivity index (χ2n) is 3.90. The van der Waals surface area contributed by atoms with Crippen molar-refractivity contribution in [2.24, 2.45) is 7.05 Å². The standard InChI is InChI=1S/C12H14N2O3/c1-14-7-13-9-5-8(3-4-10(9)14)11(15)6-12(16)17-2/h3-5,7,11,15H,6H2,1-2H3/t11-/m1/s1. The van der Waals surface area contributed by atoms with Gasteiger partial charge in [0.25, 0.3) is 0 Å². The lowest BCUT2D eigenvalue weighted by atomic mass is 10.1. The fourth-order valence-corrected chi connectivity index (χ4v) is 1.72. The van der Waals surface area contributed by atoms with Gasteiger partial charge in [0.2, 0.25) is 0 Å². The number of carbonyl (C=O) groups excluding carboxylic acids is 1. The monoisotopic (exact) mass is 234 g/mol. The van der Waals surface area contributed by atoms with E-state index in [0.29, 0.717) is 5.56 Å². The highest BCUT2D eigenvalue weighted by atomic mass is 16.5. The van der Waals surface area contributed by atoms with Crippen molar-refractivity contribution in [3.8, 4) is 0 Å². The van der Waals surface area contributed by atoms with Gasteiger partial charge >= 0.3 is 5.97 Å². The quantitative estimate of drug-likeness (QED) is 0.810. The maximum atomic E-state index is 11.1.